The van der Waals surface area contributed by atoms with Crippen molar-refractivity contribution in [3.8, 4) is 5.75 Å². The Hall–Kier alpha value is -0.870. The van der Waals surface area contributed by atoms with Gasteiger partial charge >= 0.3 is 0 Å². The fraction of sp³-hybridized carbons (Fsp3) is 0.625. The van der Waals surface area contributed by atoms with Crippen LogP contribution in [0.2, 0.25) is 0 Å². The molecule has 1 rings (SSSR count). The van der Waals surface area contributed by atoms with E-state index in [0.717, 1.165) is 29.9 Å². The molecule has 2 unspecified atom stereocenters. The summed E-state index contributed by atoms with van der Waals surface area (Å²) in [6.07, 6.45) is 3.37. The molecule has 2 atom stereocenters. The first-order valence-electron chi connectivity index (χ1n) is 7.46. The summed E-state index contributed by atoms with van der Waals surface area (Å²) < 4.78 is 17.8. The summed E-state index contributed by atoms with van der Waals surface area (Å²) in [5.74, 6) is 2.33. The first-order chi connectivity index (χ1) is 9.72. The van der Waals surface area contributed by atoms with Gasteiger partial charge in [-0.25, -0.2) is 0 Å². The molecule has 0 fully saturated rings. The smallest absolute Gasteiger partial charge is 0.124 e. The summed E-state index contributed by atoms with van der Waals surface area (Å²) in [4.78, 5) is 0. The van der Waals surface area contributed by atoms with Crippen LogP contribution >= 0.6 is 0 Å². The highest BCUT2D eigenvalue weighted by molar-refractivity contribution is 7.85. The van der Waals surface area contributed by atoms with Crippen molar-refractivity contribution in [3.63, 3.8) is 0 Å². The van der Waals surface area contributed by atoms with Crippen molar-refractivity contribution < 1.29 is 8.95 Å². The van der Waals surface area contributed by atoms with Crippen LogP contribution in [0.4, 0.5) is 0 Å². The zero-order valence-electron chi connectivity index (χ0n) is 12.9. The second-order valence-corrected chi connectivity index (χ2v) is 6.45. The summed E-state index contributed by atoms with van der Waals surface area (Å²) in [7, 11) is 1.13. The molecule has 114 valence electrons. The van der Waals surface area contributed by atoms with E-state index < -0.39 is 10.8 Å². The number of hydrogen-bond donors (Lipinski definition) is 1. The van der Waals surface area contributed by atoms with Crippen molar-refractivity contribution in [2.45, 2.75) is 39.2 Å². The van der Waals surface area contributed by atoms with E-state index in [0.29, 0.717) is 12.4 Å². The maximum atomic E-state index is 12.2. The lowest BCUT2D eigenvalue weighted by Crippen LogP contribution is -2.24. The minimum atomic E-state index is -0.782. The Morgan fingerprint density at radius 2 is 2.00 bits per heavy atom. The largest absolute Gasteiger partial charge is 0.494 e. The minimum absolute atomic E-state index is 0.0835. The highest BCUT2D eigenvalue weighted by atomic mass is 32.2. The van der Waals surface area contributed by atoms with E-state index in [9.17, 15) is 4.21 Å². The molecule has 0 aromatic heterocycles. The third kappa shape index (κ3) is 5.63. The van der Waals surface area contributed by atoms with Gasteiger partial charge in [0.25, 0.3) is 0 Å². The second kappa shape index (κ2) is 9.94. The van der Waals surface area contributed by atoms with Gasteiger partial charge in [0.05, 0.1) is 6.61 Å². The monoisotopic (exact) mass is 297 g/mol. The van der Waals surface area contributed by atoms with Gasteiger partial charge in [-0.1, -0.05) is 38.0 Å². The summed E-state index contributed by atoms with van der Waals surface area (Å²) in [5.41, 5.74) is 1.10. The Kier molecular flexibility index (Phi) is 8.54. The van der Waals surface area contributed by atoms with E-state index in [1.807, 2.05) is 32.2 Å². The Labute approximate surface area is 125 Å². The lowest BCUT2D eigenvalue weighted by Gasteiger charge is -2.19. The molecule has 0 heterocycles. The van der Waals surface area contributed by atoms with Crippen molar-refractivity contribution in [2.75, 3.05) is 25.2 Å². The summed E-state index contributed by atoms with van der Waals surface area (Å²) in [6, 6.07) is 8.08. The van der Waals surface area contributed by atoms with Gasteiger partial charge in [-0.15, -0.1) is 0 Å². The number of ether oxygens (including phenoxy) is 1. The maximum absolute atomic E-state index is 12.2. The average molecular weight is 297 g/mol. The Morgan fingerprint density at radius 1 is 1.25 bits per heavy atom. The molecule has 0 spiro atoms. The Bertz CT molecular complexity index is 409. The molecule has 0 saturated heterocycles. The molecule has 0 aliphatic rings. The maximum Gasteiger partial charge on any atom is 0.124 e. The standard InChI is InChI=1S/C16H27NO2S/c1-4-6-9-12-20(18)13-15(17-3)14-10-7-8-11-16(14)19-5-2/h7-8,10-11,15,17H,4-6,9,12-13H2,1-3H3. The first-order valence-corrected chi connectivity index (χ1v) is 8.95. The molecule has 20 heavy (non-hydrogen) atoms. The normalized spacial score (nSPS) is 13.9. The number of unbranched alkanes of at least 4 members (excludes halogenated alkanes) is 2. The zero-order valence-corrected chi connectivity index (χ0v) is 13.7. The average Bonchev–Trinajstić information content (AvgIpc) is 2.46. The molecule has 1 aromatic rings. The molecule has 3 nitrogen and oxygen atoms in total. The van der Waals surface area contributed by atoms with Crippen molar-refractivity contribution in [2.24, 2.45) is 0 Å². The van der Waals surface area contributed by atoms with Crippen molar-refractivity contribution in [1.82, 2.24) is 5.32 Å². The van der Waals surface area contributed by atoms with Gasteiger partial charge in [-0.2, -0.15) is 0 Å². The molecule has 0 aliphatic heterocycles. The highest BCUT2D eigenvalue weighted by Crippen LogP contribution is 2.25. The van der Waals surface area contributed by atoms with Gasteiger partial charge in [0, 0.05) is 33.9 Å². The molecule has 0 radical (unpaired) electrons. The molecular weight excluding hydrogens is 270 g/mol. The predicted octanol–water partition coefficient (Wildman–Crippen LogP) is 3.28. The minimum Gasteiger partial charge on any atom is -0.494 e. The SMILES string of the molecule is CCCCCS(=O)CC(NC)c1ccccc1OCC. The van der Waals surface area contributed by atoms with Crippen LogP contribution in [-0.2, 0) is 10.8 Å². The van der Waals surface area contributed by atoms with E-state index in [2.05, 4.69) is 18.3 Å². The van der Waals surface area contributed by atoms with E-state index in [1.165, 1.54) is 6.42 Å². The van der Waals surface area contributed by atoms with Gasteiger partial charge in [-0.05, 0) is 26.5 Å². The van der Waals surface area contributed by atoms with Crippen LogP contribution in [0.15, 0.2) is 24.3 Å². The quantitative estimate of drug-likeness (QED) is 0.674. The van der Waals surface area contributed by atoms with Gasteiger partial charge in [-0.3, -0.25) is 4.21 Å². The van der Waals surface area contributed by atoms with Crippen LogP contribution in [0.3, 0.4) is 0 Å². The van der Waals surface area contributed by atoms with Crippen LogP contribution in [0.5, 0.6) is 5.75 Å². The summed E-state index contributed by atoms with van der Waals surface area (Å²) in [5, 5.41) is 3.27. The number of benzene rings is 1. The van der Waals surface area contributed by atoms with E-state index in [1.54, 1.807) is 0 Å². The van der Waals surface area contributed by atoms with Gasteiger partial charge in [0.2, 0.25) is 0 Å². The van der Waals surface area contributed by atoms with E-state index in [-0.39, 0.29) is 6.04 Å². The summed E-state index contributed by atoms with van der Waals surface area (Å²) >= 11 is 0. The molecule has 0 saturated carbocycles. The van der Waals surface area contributed by atoms with Crippen molar-refractivity contribution >= 4 is 10.8 Å². The van der Waals surface area contributed by atoms with Crippen LogP contribution in [-0.4, -0.2) is 29.4 Å². The molecule has 1 aromatic carbocycles. The van der Waals surface area contributed by atoms with Gasteiger partial charge < -0.3 is 10.1 Å². The molecule has 0 bridgehead atoms. The molecule has 0 aliphatic carbocycles. The van der Waals surface area contributed by atoms with E-state index >= 15 is 0 Å². The third-order valence-corrected chi connectivity index (χ3v) is 4.72. The number of rotatable bonds is 10. The highest BCUT2D eigenvalue weighted by Gasteiger charge is 2.16. The van der Waals surface area contributed by atoms with Crippen LogP contribution in [0.25, 0.3) is 0 Å². The molecule has 0 amide bonds. The second-order valence-electron chi connectivity index (χ2n) is 4.83. The third-order valence-electron chi connectivity index (χ3n) is 3.27. The van der Waals surface area contributed by atoms with E-state index in [4.69, 9.17) is 4.74 Å². The van der Waals surface area contributed by atoms with Crippen LogP contribution in [0, 0.1) is 0 Å². The number of nitrogens with one attached hydrogen (secondary N) is 1. The zero-order chi connectivity index (χ0) is 14.8. The lowest BCUT2D eigenvalue weighted by molar-refractivity contribution is 0.333. The predicted molar refractivity (Wildman–Crippen MR) is 86.8 cm³/mol. The molecule has 1 N–H and O–H groups in total. The number of para-hydroxylation sites is 1. The van der Waals surface area contributed by atoms with Crippen LogP contribution in [0.1, 0.15) is 44.7 Å². The Balaban J connectivity index is 2.68. The lowest BCUT2D eigenvalue weighted by atomic mass is 10.1. The topological polar surface area (TPSA) is 38.3 Å². The molecular formula is C16H27NO2S. The van der Waals surface area contributed by atoms with Gasteiger partial charge in [0.1, 0.15) is 5.75 Å². The Morgan fingerprint density at radius 3 is 2.65 bits per heavy atom. The first kappa shape index (κ1) is 17.2. The van der Waals surface area contributed by atoms with Crippen molar-refractivity contribution in [1.29, 1.82) is 0 Å². The summed E-state index contributed by atoms with van der Waals surface area (Å²) in [6.45, 7) is 4.79. The van der Waals surface area contributed by atoms with Crippen molar-refractivity contribution in [3.05, 3.63) is 29.8 Å². The fourth-order valence-corrected chi connectivity index (χ4v) is 3.58. The fourth-order valence-electron chi connectivity index (χ4n) is 2.17. The molecule has 4 heteroatoms. The number of hydrogen-bond acceptors (Lipinski definition) is 3. The van der Waals surface area contributed by atoms with Crippen LogP contribution < -0.4 is 10.1 Å². The van der Waals surface area contributed by atoms with Gasteiger partial charge in [0.15, 0.2) is 0 Å².